The van der Waals surface area contributed by atoms with Crippen molar-refractivity contribution in [3.05, 3.63) is 27.1 Å². The number of aryl methyl sites for hydroxylation is 2. The molecule has 5 heteroatoms. The van der Waals surface area contributed by atoms with Gasteiger partial charge in [0, 0.05) is 6.54 Å². The van der Waals surface area contributed by atoms with Crippen molar-refractivity contribution in [1.82, 2.24) is 9.55 Å². The predicted molar refractivity (Wildman–Crippen MR) is 64.3 cm³/mol. The van der Waals surface area contributed by atoms with Gasteiger partial charge in [-0.1, -0.05) is 0 Å². The maximum Gasteiger partial charge on any atom is 0.262 e. The zero-order chi connectivity index (χ0) is 11.9. The molecule has 0 unspecified atom stereocenters. The molecule has 2 heterocycles. The molecule has 0 aliphatic carbocycles. The van der Waals surface area contributed by atoms with Crippen molar-refractivity contribution >= 4 is 27.3 Å². The fourth-order valence-corrected chi connectivity index (χ4v) is 2.75. The van der Waals surface area contributed by atoms with Crippen LogP contribution in [0.25, 0.3) is 10.2 Å². The van der Waals surface area contributed by atoms with Crippen LogP contribution in [-0.4, -0.2) is 15.3 Å². The Morgan fingerprint density at radius 3 is 2.81 bits per heavy atom. The van der Waals surface area contributed by atoms with E-state index in [0.29, 0.717) is 21.6 Å². The van der Waals surface area contributed by atoms with Crippen LogP contribution in [0.15, 0.2) is 11.1 Å². The van der Waals surface area contributed by atoms with Gasteiger partial charge in [-0.15, -0.1) is 11.3 Å². The average Bonchev–Trinajstić information content (AvgIpc) is 2.57. The average molecular weight is 236 g/mol. The Kier molecular flexibility index (Phi) is 2.63. The van der Waals surface area contributed by atoms with E-state index < -0.39 is 0 Å². The summed E-state index contributed by atoms with van der Waals surface area (Å²) >= 11 is 1.29. The highest BCUT2D eigenvalue weighted by atomic mass is 32.1. The van der Waals surface area contributed by atoms with E-state index in [2.05, 4.69) is 4.98 Å². The van der Waals surface area contributed by atoms with Gasteiger partial charge < -0.3 is 0 Å². The third-order valence-corrected chi connectivity index (χ3v) is 3.88. The summed E-state index contributed by atoms with van der Waals surface area (Å²) in [7, 11) is 0. The minimum atomic E-state index is -0.0613. The molecule has 2 rings (SSSR count). The molecular weight excluding hydrogens is 224 g/mol. The Morgan fingerprint density at radius 2 is 2.25 bits per heavy atom. The summed E-state index contributed by atoms with van der Waals surface area (Å²) in [6.07, 6.45) is 1.53. The topological polar surface area (TPSA) is 52.0 Å². The summed E-state index contributed by atoms with van der Waals surface area (Å²) in [5.74, 6) is -0.0112. The molecule has 0 radical (unpaired) electrons. The third-order valence-electron chi connectivity index (χ3n) is 2.58. The van der Waals surface area contributed by atoms with Crippen LogP contribution in [0.3, 0.4) is 0 Å². The molecule has 0 aromatic carbocycles. The van der Waals surface area contributed by atoms with Crippen LogP contribution in [0.5, 0.6) is 0 Å². The molecule has 0 saturated heterocycles. The van der Waals surface area contributed by atoms with Gasteiger partial charge >= 0.3 is 0 Å². The number of carbonyl (C=O) groups is 1. The first kappa shape index (κ1) is 11.0. The van der Waals surface area contributed by atoms with Crippen molar-refractivity contribution in [2.75, 3.05) is 0 Å². The fourth-order valence-electron chi connectivity index (χ4n) is 1.72. The van der Waals surface area contributed by atoms with E-state index in [1.165, 1.54) is 24.6 Å². The molecule has 0 spiro atoms. The van der Waals surface area contributed by atoms with E-state index >= 15 is 0 Å². The number of fused-ring (bicyclic) bond motifs is 1. The predicted octanol–water partition coefficient (Wildman–Crippen LogP) is 1.99. The van der Waals surface area contributed by atoms with Crippen LogP contribution >= 0.6 is 11.3 Å². The number of carbonyl (C=O) groups excluding carboxylic acids is 1. The van der Waals surface area contributed by atoms with E-state index in [9.17, 15) is 9.59 Å². The monoisotopic (exact) mass is 236 g/mol. The normalized spacial score (nSPS) is 10.9. The Labute approximate surface area is 96.6 Å². The van der Waals surface area contributed by atoms with Crippen LogP contribution in [0, 0.1) is 6.92 Å². The lowest BCUT2D eigenvalue weighted by Gasteiger charge is -1.99. The number of aromatic nitrogens is 2. The smallest absolute Gasteiger partial charge is 0.262 e. The molecule has 4 nitrogen and oxygen atoms in total. The first-order valence-electron chi connectivity index (χ1n) is 5.05. The lowest BCUT2D eigenvalue weighted by molar-refractivity contribution is 0.102. The molecule has 2 aromatic rings. The standard InChI is InChI=1S/C11H12N2O2S/c1-4-13-5-12-10-8(11(13)15)6(2)9(16-10)7(3)14/h5H,4H2,1-3H3. The number of nitrogens with zero attached hydrogens (tertiary/aromatic N) is 2. The summed E-state index contributed by atoms with van der Waals surface area (Å²) in [5, 5.41) is 0.583. The zero-order valence-electron chi connectivity index (χ0n) is 9.40. The highest BCUT2D eigenvalue weighted by Gasteiger charge is 2.16. The van der Waals surface area contributed by atoms with E-state index in [1.807, 2.05) is 6.92 Å². The molecule has 0 atom stereocenters. The first-order valence-corrected chi connectivity index (χ1v) is 5.87. The number of hydrogen-bond donors (Lipinski definition) is 0. The van der Waals surface area contributed by atoms with Crippen molar-refractivity contribution in [2.45, 2.75) is 27.3 Å². The van der Waals surface area contributed by atoms with Gasteiger partial charge in [-0.2, -0.15) is 0 Å². The summed E-state index contributed by atoms with van der Waals surface area (Å²) < 4.78 is 1.55. The van der Waals surface area contributed by atoms with Crippen molar-refractivity contribution in [3.63, 3.8) is 0 Å². The number of ketones is 1. The highest BCUT2D eigenvalue weighted by molar-refractivity contribution is 7.20. The van der Waals surface area contributed by atoms with Crippen LogP contribution in [0.1, 0.15) is 29.1 Å². The number of hydrogen-bond acceptors (Lipinski definition) is 4. The number of Topliss-reactive ketones (excluding diaryl/α,β-unsaturated/α-hetero) is 1. The van der Waals surface area contributed by atoms with Gasteiger partial charge in [0.05, 0.1) is 16.6 Å². The molecule has 2 aromatic heterocycles. The molecular formula is C11H12N2O2S. The van der Waals surface area contributed by atoms with Crippen molar-refractivity contribution < 1.29 is 4.79 Å². The van der Waals surface area contributed by atoms with Gasteiger partial charge in [0.1, 0.15) is 4.83 Å². The van der Waals surface area contributed by atoms with Crippen LogP contribution in [0.2, 0.25) is 0 Å². The van der Waals surface area contributed by atoms with Crippen molar-refractivity contribution in [3.8, 4) is 0 Å². The lowest BCUT2D eigenvalue weighted by Crippen LogP contribution is -2.19. The zero-order valence-corrected chi connectivity index (χ0v) is 10.2. The van der Waals surface area contributed by atoms with Crippen molar-refractivity contribution in [2.24, 2.45) is 0 Å². The Hall–Kier alpha value is -1.49. The van der Waals surface area contributed by atoms with Gasteiger partial charge in [-0.05, 0) is 26.3 Å². The summed E-state index contributed by atoms with van der Waals surface area (Å²) in [6, 6.07) is 0. The highest BCUT2D eigenvalue weighted by Crippen LogP contribution is 2.26. The maximum absolute atomic E-state index is 12.0. The van der Waals surface area contributed by atoms with Gasteiger partial charge in [0.25, 0.3) is 5.56 Å². The number of rotatable bonds is 2. The Balaban J connectivity index is 2.89. The van der Waals surface area contributed by atoms with Crippen LogP contribution in [0.4, 0.5) is 0 Å². The Morgan fingerprint density at radius 1 is 1.56 bits per heavy atom. The largest absolute Gasteiger partial charge is 0.299 e. The second-order valence-electron chi connectivity index (χ2n) is 3.63. The van der Waals surface area contributed by atoms with Gasteiger partial charge in [0.2, 0.25) is 0 Å². The fraction of sp³-hybridized carbons (Fsp3) is 0.364. The van der Waals surface area contributed by atoms with Crippen molar-refractivity contribution in [1.29, 1.82) is 0 Å². The minimum absolute atomic E-state index is 0.0112. The quantitative estimate of drug-likeness (QED) is 0.749. The number of thiophene rings is 1. The van der Waals surface area contributed by atoms with E-state index in [-0.39, 0.29) is 11.3 Å². The molecule has 0 saturated carbocycles. The molecule has 0 aliphatic rings. The van der Waals surface area contributed by atoms with E-state index in [1.54, 1.807) is 11.5 Å². The molecule has 0 fully saturated rings. The third kappa shape index (κ3) is 1.48. The second kappa shape index (κ2) is 3.83. The van der Waals surface area contributed by atoms with Gasteiger partial charge in [0.15, 0.2) is 5.78 Å². The van der Waals surface area contributed by atoms with Gasteiger partial charge in [-0.3, -0.25) is 14.2 Å². The molecule has 0 N–H and O–H groups in total. The van der Waals surface area contributed by atoms with E-state index in [4.69, 9.17) is 0 Å². The molecule has 16 heavy (non-hydrogen) atoms. The second-order valence-corrected chi connectivity index (χ2v) is 4.63. The summed E-state index contributed by atoms with van der Waals surface area (Å²) in [6.45, 7) is 5.80. The minimum Gasteiger partial charge on any atom is -0.299 e. The van der Waals surface area contributed by atoms with E-state index in [0.717, 1.165) is 5.56 Å². The summed E-state index contributed by atoms with van der Waals surface area (Å²) in [5.41, 5.74) is 0.696. The van der Waals surface area contributed by atoms with Crippen LogP contribution < -0.4 is 5.56 Å². The maximum atomic E-state index is 12.0. The molecule has 0 bridgehead atoms. The Bertz CT molecular complexity index is 625. The van der Waals surface area contributed by atoms with Crippen LogP contribution in [-0.2, 0) is 6.54 Å². The first-order chi connectivity index (χ1) is 7.56. The lowest BCUT2D eigenvalue weighted by atomic mass is 10.2. The molecule has 0 aliphatic heterocycles. The molecule has 0 amide bonds. The summed E-state index contributed by atoms with van der Waals surface area (Å²) in [4.78, 5) is 28.9. The SMILES string of the molecule is CCn1cnc2sc(C(C)=O)c(C)c2c1=O. The molecule has 84 valence electrons. The van der Waals surface area contributed by atoms with Gasteiger partial charge in [-0.25, -0.2) is 4.98 Å².